The number of alkyl carbamates (subject to hydrolysis) is 1. The van der Waals surface area contributed by atoms with Crippen LogP contribution in [0, 0.1) is 6.92 Å². The van der Waals surface area contributed by atoms with Gasteiger partial charge in [0.2, 0.25) is 0 Å². The van der Waals surface area contributed by atoms with Gasteiger partial charge in [0.25, 0.3) is 0 Å². The first-order valence-corrected chi connectivity index (χ1v) is 5.92. The lowest BCUT2D eigenvalue weighted by atomic mass is 10.1. The first-order valence-electron chi connectivity index (χ1n) is 5.92. The molecular formula is C14H21NO3. The standard InChI is InChI=1S/C14H21NO3/c1-10-6-7-11(12(8-10)17-5)9-15-13(16)18-14(2,3)4/h6-8H,9H2,1-5H3,(H,15,16). The van der Waals surface area contributed by atoms with Crippen molar-refractivity contribution in [3.8, 4) is 5.75 Å². The van der Waals surface area contributed by atoms with E-state index < -0.39 is 11.7 Å². The van der Waals surface area contributed by atoms with E-state index in [1.54, 1.807) is 7.11 Å². The summed E-state index contributed by atoms with van der Waals surface area (Å²) < 4.78 is 10.4. The highest BCUT2D eigenvalue weighted by atomic mass is 16.6. The molecule has 1 aromatic carbocycles. The zero-order chi connectivity index (χ0) is 13.8. The molecule has 0 spiro atoms. The van der Waals surface area contributed by atoms with Crippen LogP contribution in [0.2, 0.25) is 0 Å². The van der Waals surface area contributed by atoms with Crippen molar-refractivity contribution in [1.29, 1.82) is 0 Å². The summed E-state index contributed by atoms with van der Waals surface area (Å²) in [6.07, 6.45) is -0.426. The molecule has 1 aromatic rings. The summed E-state index contributed by atoms with van der Waals surface area (Å²) in [6, 6.07) is 5.85. The number of ether oxygens (including phenoxy) is 2. The molecule has 0 aliphatic rings. The molecule has 0 unspecified atom stereocenters. The Hall–Kier alpha value is -1.71. The van der Waals surface area contributed by atoms with Gasteiger partial charge in [-0.3, -0.25) is 0 Å². The molecule has 0 bridgehead atoms. The highest BCUT2D eigenvalue weighted by molar-refractivity contribution is 5.67. The molecule has 0 fully saturated rings. The maximum atomic E-state index is 11.5. The lowest BCUT2D eigenvalue weighted by Crippen LogP contribution is -2.32. The van der Waals surface area contributed by atoms with Crippen LogP contribution in [0.5, 0.6) is 5.75 Å². The number of nitrogens with one attached hydrogen (secondary N) is 1. The van der Waals surface area contributed by atoms with Crippen LogP contribution in [-0.4, -0.2) is 18.8 Å². The lowest BCUT2D eigenvalue weighted by Gasteiger charge is -2.20. The number of hydrogen-bond acceptors (Lipinski definition) is 3. The molecule has 1 amide bonds. The van der Waals surface area contributed by atoms with Gasteiger partial charge in [-0.05, 0) is 39.3 Å². The van der Waals surface area contributed by atoms with Crippen molar-refractivity contribution in [2.75, 3.05) is 7.11 Å². The Morgan fingerprint density at radius 3 is 2.56 bits per heavy atom. The monoisotopic (exact) mass is 251 g/mol. The quantitative estimate of drug-likeness (QED) is 0.898. The fourth-order valence-corrected chi connectivity index (χ4v) is 1.48. The topological polar surface area (TPSA) is 47.6 Å². The van der Waals surface area contributed by atoms with E-state index in [0.29, 0.717) is 6.54 Å². The van der Waals surface area contributed by atoms with Crippen molar-refractivity contribution in [2.45, 2.75) is 39.8 Å². The van der Waals surface area contributed by atoms with E-state index in [1.807, 2.05) is 45.9 Å². The molecule has 1 rings (SSSR count). The second-order valence-electron chi connectivity index (χ2n) is 5.17. The average Bonchev–Trinajstić information content (AvgIpc) is 2.24. The number of carbonyl (C=O) groups is 1. The maximum Gasteiger partial charge on any atom is 0.407 e. The van der Waals surface area contributed by atoms with Gasteiger partial charge in [-0.1, -0.05) is 12.1 Å². The highest BCUT2D eigenvalue weighted by Crippen LogP contribution is 2.19. The zero-order valence-corrected chi connectivity index (χ0v) is 11.7. The van der Waals surface area contributed by atoms with Crippen LogP contribution in [0.25, 0.3) is 0 Å². The number of aryl methyl sites for hydroxylation is 1. The van der Waals surface area contributed by atoms with E-state index in [9.17, 15) is 4.79 Å². The Kier molecular flexibility index (Phi) is 4.59. The van der Waals surface area contributed by atoms with Gasteiger partial charge in [-0.25, -0.2) is 4.79 Å². The minimum atomic E-state index is -0.485. The number of hydrogen-bond donors (Lipinski definition) is 1. The minimum Gasteiger partial charge on any atom is -0.496 e. The maximum absolute atomic E-state index is 11.5. The van der Waals surface area contributed by atoms with E-state index in [-0.39, 0.29) is 0 Å². The summed E-state index contributed by atoms with van der Waals surface area (Å²) in [5.74, 6) is 0.769. The Morgan fingerprint density at radius 1 is 1.33 bits per heavy atom. The molecule has 4 heteroatoms. The van der Waals surface area contributed by atoms with Crippen LogP contribution < -0.4 is 10.1 Å². The molecule has 0 aromatic heterocycles. The first kappa shape index (κ1) is 14.4. The number of benzene rings is 1. The van der Waals surface area contributed by atoms with Crippen molar-refractivity contribution in [2.24, 2.45) is 0 Å². The zero-order valence-electron chi connectivity index (χ0n) is 11.7. The number of rotatable bonds is 3. The van der Waals surface area contributed by atoms with Crippen LogP contribution in [0.15, 0.2) is 18.2 Å². The number of carbonyl (C=O) groups excluding carboxylic acids is 1. The number of methoxy groups -OCH3 is 1. The van der Waals surface area contributed by atoms with E-state index >= 15 is 0 Å². The van der Waals surface area contributed by atoms with Crippen LogP contribution in [0.4, 0.5) is 4.79 Å². The number of amides is 1. The van der Waals surface area contributed by atoms with E-state index in [4.69, 9.17) is 9.47 Å². The third-order valence-corrected chi connectivity index (χ3v) is 2.26. The van der Waals surface area contributed by atoms with Crippen LogP contribution in [-0.2, 0) is 11.3 Å². The predicted octanol–water partition coefficient (Wildman–Crippen LogP) is 3.03. The molecule has 0 saturated heterocycles. The molecule has 0 heterocycles. The van der Waals surface area contributed by atoms with Gasteiger partial charge in [0.15, 0.2) is 0 Å². The Morgan fingerprint density at radius 2 is 2.00 bits per heavy atom. The SMILES string of the molecule is COc1cc(C)ccc1CNC(=O)OC(C)(C)C. The van der Waals surface area contributed by atoms with E-state index in [2.05, 4.69) is 5.32 Å². The van der Waals surface area contributed by atoms with Gasteiger partial charge in [-0.2, -0.15) is 0 Å². The Balaban J connectivity index is 2.61. The second kappa shape index (κ2) is 5.76. The minimum absolute atomic E-state index is 0.387. The van der Waals surface area contributed by atoms with Gasteiger partial charge >= 0.3 is 6.09 Å². The third kappa shape index (κ3) is 4.65. The van der Waals surface area contributed by atoms with E-state index in [1.165, 1.54) is 0 Å². The summed E-state index contributed by atoms with van der Waals surface area (Å²) in [7, 11) is 1.62. The first-order chi connectivity index (χ1) is 8.31. The van der Waals surface area contributed by atoms with Crippen LogP contribution in [0.1, 0.15) is 31.9 Å². The van der Waals surface area contributed by atoms with E-state index in [0.717, 1.165) is 16.9 Å². The van der Waals surface area contributed by atoms with Gasteiger partial charge < -0.3 is 14.8 Å². The Labute approximate surface area is 108 Å². The van der Waals surface area contributed by atoms with Crippen molar-refractivity contribution in [3.05, 3.63) is 29.3 Å². The molecule has 1 N–H and O–H groups in total. The molecule has 0 aliphatic carbocycles. The van der Waals surface area contributed by atoms with Crippen molar-refractivity contribution < 1.29 is 14.3 Å². The fourth-order valence-electron chi connectivity index (χ4n) is 1.48. The predicted molar refractivity (Wildman–Crippen MR) is 70.8 cm³/mol. The second-order valence-corrected chi connectivity index (χ2v) is 5.17. The summed E-state index contributed by atoms with van der Waals surface area (Å²) in [4.78, 5) is 11.5. The molecule has 18 heavy (non-hydrogen) atoms. The summed E-state index contributed by atoms with van der Waals surface area (Å²) in [6.45, 7) is 7.88. The van der Waals surface area contributed by atoms with Gasteiger partial charge in [0.1, 0.15) is 11.4 Å². The van der Waals surface area contributed by atoms with Gasteiger partial charge in [0.05, 0.1) is 7.11 Å². The largest absolute Gasteiger partial charge is 0.496 e. The van der Waals surface area contributed by atoms with Crippen molar-refractivity contribution >= 4 is 6.09 Å². The van der Waals surface area contributed by atoms with Crippen LogP contribution >= 0.6 is 0 Å². The normalized spacial score (nSPS) is 10.9. The fraction of sp³-hybridized carbons (Fsp3) is 0.500. The lowest BCUT2D eigenvalue weighted by molar-refractivity contribution is 0.0523. The van der Waals surface area contributed by atoms with Crippen molar-refractivity contribution in [1.82, 2.24) is 5.32 Å². The molecule has 0 atom stereocenters. The highest BCUT2D eigenvalue weighted by Gasteiger charge is 2.16. The molecule has 100 valence electrons. The Bertz CT molecular complexity index is 422. The molecular weight excluding hydrogens is 230 g/mol. The molecule has 4 nitrogen and oxygen atoms in total. The summed E-state index contributed by atoms with van der Waals surface area (Å²) in [5.41, 5.74) is 1.56. The molecule has 0 radical (unpaired) electrons. The molecule has 0 saturated carbocycles. The van der Waals surface area contributed by atoms with Gasteiger partial charge in [0, 0.05) is 12.1 Å². The van der Waals surface area contributed by atoms with Crippen molar-refractivity contribution in [3.63, 3.8) is 0 Å². The average molecular weight is 251 g/mol. The van der Waals surface area contributed by atoms with Crippen LogP contribution in [0.3, 0.4) is 0 Å². The third-order valence-electron chi connectivity index (χ3n) is 2.26. The molecule has 0 aliphatic heterocycles. The summed E-state index contributed by atoms with van der Waals surface area (Å²) >= 11 is 0. The van der Waals surface area contributed by atoms with Gasteiger partial charge in [-0.15, -0.1) is 0 Å². The summed E-state index contributed by atoms with van der Waals surface area (Å²) in [5, 5.41) is 2.71. The smallest absolute Gasteiger partial charge is 0.407 e.